The van der Waals surface area contributed by atoms with Gasteiger partial charge in [-0.3, -0.25) is 0 Å². The summed E-state index contributed by atoms with van der Waals surface area (Å²) in [6, 6.07) is 9.87. The molecular weight excluding hydrogens is 365 g/mol. The summed E-state index contributed by atoms with van der Waals surface area (Å²) in [4.78, 5) is 6.70. The number of hydrogen-bond donors (Lipinski definition) is 2. The summed E-state index contributed by atoms with van der Waals surface area (Å²) in [5.74, 6) is 0.670. The Morgan fingerprint density at radius 2 is 1.77 bits per heavy atom. The molecule has 4 rings (SSSR count). The van der Waals surface area contributed by atoms with Crippen molar-refractivity contribution in [3.05, 3.63) is 52.5 Å². The van der Waals surface area contributed by atoms with Gasteiger partial charge < -0.3 is 15.5 Å². The first kappa shape index (κ1) is 17.2. The lowest BCUT2D eigenvalue weighted by Crippen LogP contribution is -2.46. The molecular formula is C18H16ClF3N4. The number of benzene rings is 2. The number of nitrogens with zero attached hydrogens (tertiary/aromatic N) is 2. The molecule has 2 aliphatic rings. The topological polar surface area (TPSA) is 39.7 Å². The van der Waals surface area contributed by atoms with Crippen LogP contribution in [0.2, 0.25) is 5.02 Å². The van der Waals surface area contributed by atoms with Gasteiger partial charge in [-0.15, -0.1) is 0 Å². The van der Waals surface area contributed by atoms with Gasteiger partial charge >= 0.3 is 6.18 Å². The maximum absolute atomic E-state index is 13.3. The van der Waals surface area contributed by atoms with Crippen molar-refractivity contribution in [1.29, 1.82) is 0 Å². The van der Waals surface area contributed by atoms with E-state index in [1.807, 2.05) is 24.3 Å². The molecule has 0 unspecified atom stereocenters. The average Bonchev–Trinajstić information content (AvgIpc) is 2.77. The van der Waals surface area contributed by atoms with Gasteiger partial charge in [-0.2, -0.15) is 13.2 Å². The Hall–Kier alpha value is -2.25. The third kappa shape index (κ3) is 3.12. The Morgan fingerprint density at radius 3 is 2.50 bits per heavy atom. The Morgan fingerprint density at radius 1 is 1.04 bits per heavy atom. The first-order valence-electron chi connectivity index (χ1n) is 8.25. The van der Waals surface area contributed by atoms with E-state index in [-0.39, 0.29) is 10.7 Å². The quantitative estimate of drug-likeness (QED) is 0.711. The van der Waals surface area contributed by atoms with Crippen LogP contribution in [0.15, 0.2) is 41.4 Å². The van der Waals surface area contributed by atoms with E-state index in [1.165, 1.54) is 6.07 Å². The number of fused-ring (bicyclic) bond motifs is 2. The number of alkyl halides is 3. The molecule has 2 aromatic carbocycles. The molecule has 0 aromatic heterocycles. The molecule has 0 amide bonds. The minimum absolute atomic E-state index is 0.228. The zero-order chi connectivity index (χ0) is 18.3. The second kappa shape index (κ2) is 6.48. The van der Waals surface area contributed by atoms with Crippen molar-refractivity contribution in [2.45, 2.75) is 6.18 Å². The lowest BCUT2D eigenvalue weighted by molar-refractivity contribution is -0.137. The summed E-state index contributed by atoms with van der Waals surface area (Å²) in [5, 5.41) is 6.11. The van der Waals surface area contributed by atoms with Crippen LogP contribution in [-0.4, -0.2) is 36.9 Å². The molecule has 0 saturated carbocycles. The van der Waals surface area contributed by atoms with Crippen molar-refractivity contribution in [1.82, 2.24) is 10.2 Å². The van der Waals surface area contributed by atoms with Crippen LogP contribution < -0.4 is 10.6 Å². The van der Waals surface area contributed by atoms with E-state index in [9.17, 15) is 13.2 Å². The van der Waals surface area contributed by atoms with Crippen molar-refractivity contribution in [3.63, 3.8) is 0 Å². The van der Waals surface area contributed by atoms with Crippen LogP contribution in [-0.2, 0) is 6.18 Å². The van der Waals surface area contributed by atoms with Gasteiger partial charge in [-0.1, -0.05) is 23.7 Å². The van der Waals surface area contributed by atoms with Crippen molar-refractivity contribution in [2.75, 3.05) is 31.5 Å². The highest BCUT2D eigenvalue weighted by Gasteiger charge is 2.35. The number of piperazine rings is 1. The number of halogens is 4. The average molecular weight is 381 g/mol. The largest absolute Gasteiger partial charge is 0.417 e. The highest BCUT2D eigenvalue weighted by molar-refractivity contribution is 6.32. The predicted molar refractivity (Wildman–Crippen MR) is 96.8 cm³/mol. The summed E-state index contributed by atoms with van der Waals surface area (Å²) >= 11 is 5.88. The van der Waals surface area contributed by atoms with E-state index in [2.05, 4.69) is 20.5 Å². The molecule has 0 spiro atoms. The lowest BCUT2D eigenvalue weighted by Gasteiger charge is -2.30. The zero-order valence-electron chi connectivity index (χ0n) is 13.7. The number of para-hydroxylation sites is 1. The van der Waals surface area contributed by atoms with E-state index >= 15 is 0 Å². The molecule has 2 aliphatic heterocycles. The van der Waals surface area contributed by atoms with E-state index in [0.29, 0.717) is 11.5 Å². The smallest absolute Gasteiger partial charge is 0.353 e. The predicted octanol–water partition coefficient (Wildman–Crippen LogP) is 4.40. The van der Waals surface area contributed by atoms with E-state index in [0.717, 1.165) is 43.5 Å². The normalized spacial score (nSPS) is 16.9. The monoisotopic (exact) mass is 380 g/mol. The lowest BCUT2D eigenvalue weighted by atomic mass is 10.1. The molecule has 2 aromatic rings. The van der Waals surface area contributed by atoms with E-state index in [1.54, 1.807) is 0 Å². The Bertz CT molecular complexity index is 873. The number of amidine groups is 1. The number of anilines is 2. The molecule has 1 fully saturated rings. The van der Waals surface area contributed by atoms with Crippen molar-refractivity contribution < 1.29 is 13.2 Å². The highest BCUT2D eigenvalue weighted by Crippen LogP contribution is 2.43. The Balaban J connectivity index is 1.90. The standard InChI is InChI=1S/C18H16ClF3N4/c19-13-10-16-15(9-12(13)18(20,21)22)25-17(26-7-5-23-6-8-26)11-3-1-2-4-14(11)24-16/h1-4,9-10,23-24H,5-8H2. The highest BCUT2D eigenvalue weighted by atomic mass is 35.5. The summed E-state index contributed by atoms with van der Waals surface area (Å²) in [7, 11) is 0. The molecule has 0 bridgehead atoms. The molecule has 8 heteroatoms. The van der Waals surface area contributed by atoms with Gasteiger partial charge in [0, 0.05) is 37.4 Å². The van der Waals surface area contributed by atoms with Gasteiger partial charge in [0.15, 0.2) is 0 Å². The van der Waals surface area contributed by atoms with E-state index in [4.69, 9.17) is 11.6 Å². The fraction of sp³-hybridized carbons (Fsp3) is 0.278. The molecule has 0 aliphatic carbocycles. The van der Waals surface area contributed by atoms with Gasteiger partial charge in [0.05, 0.1) is 22.0 Å². The summed E-state index contributed by atoms with van der Waals surface area (Å²) < 4.78 is 39.8. The van der Waals surface area contributed by atoms with Gasteiger partial charge in [0.25, 0.3) is 0 Å². The van der Waals surface area contributed by atoms with Gasteiger partial charge in [-0.25, -0.2) is 4.99 Å². The van der Waals surface area contributed by atoms with Crippen molar-refractivity contribution in [3.8, 4) is 0 Å². The number of hydrogen-bond acceptors (Lipinski definition) is 4. The molecule has 0 radical (unpaired) electrons. The van der Waals surface area contributed by atoms with Gasteiger partial charge in [0.2, 0.25) is 0 Å². The van der Waals surface area contributed by atoms with Crippen LogP contribution in [0.1, 0.15) is 11.1 Å². The molecule has 136 valence electrons. The fourth-order valence-corrected chi connectivity index (χ4v) is 3.47. The maximum atomic E-state index is 13.3. The Labute approximate surface area is 153 Å². The molecule has 0 atom stereocenters. The van der Waals surface area contributed by atoms with Crippen molar-refractivity contribution >= 4 is 34.5 Å². The number of aliphatic imine (C=N–C) groups is 1. The second-order valence-corrected chi connectivity index (χ2v) is 6.60. The zero-order valence-corrected chi connectivity index (χ0v) is 14.5. The number of nitrogens with one attached hydrogen (secondary N) is 2. The van der Waals surface area contributed by atoms with Crippen molar-refractivity contribution in [2.24, 2.45) is 4.99 Å². The molecule has 1 saturated heterocycles. The summed E-state index contributed by atoms with van der Waals surface area (Å²) in [6.07, 6.45) is -4.53. The van der Waals surface area contributed by atoms with Crippen LogP contribution in [0.25, 0.3) is 0 Å². The first-order valence-corrected chi connectivity index (χ1v) is 8.63. The van der Waals surface area contributed by atoms with Crippen LogP contribution >= 0.6 is 11.6 Å². The summed E-state index contributed by atoms with van der Waals surface area (Å²) in [5.41, 5.74) is 1.45. The minimum Gasteiger partial charge on any atom is -0.353 e. The van der Waals surface area contributed by atoms with Crippen LogP contribution in [0.5, 0.6) is 0 Å². The fourth-order valence-electron chi connectivity index (χ4n) is 3.20. The first-order chi connectivity index (χ1) is 12.4. The SMILES string of the molecule is FC(F)(F)c1cc2c(cc1Cl)Nc1ccccc1C(N1CCNCC1)=N2. The van der Waals surface area contributed by atoms with Gasteiger partial charge in [-0.05, 0) is 24.3 Å². The molecule has 26 heavy (non-hydrogen) atoms. The number of rotatable bonds is 0. The van der Waals surface area contributed by atoms with Crippen LogP contribution in [0, 0.1) is 0 Å². The van der Waals surface area contributed by atoms with Gasteiger partial charge in [0.1, 0.15) is 5.84 Å². The molecule has 4 nitrogen and oxygen atoms in total. The second-order valence-electron chi connectivity index (χ2n) is 6.19. The maximum Gasteiger partial charge on any atom is 0.417 e. The van der Waals surface area contributed by atoms with Crippen LogP contribution in [0.4, 0.5) is 30.2 Å². The molecule has 2 N–H and O–H groups in total. The van der Waals surface area contributed by atoms with Crippen LogP contribution in [0.3, 0.4) is 0 Å². The minimum atomic E-state index is -4.53. The van der Waals surface area contributed by atoms with E-state index < -0.39 is 11.7 Å². The Kier molecular flexibility index (Phi) is 4.28. The third-order valence-corrected chi connectivity index (χ3v) is 4.78. The third-order valence-electron chi connectivity index (χ3n) is 4.47. The molecule has 2 heterocycles. The summed E-state index contributed by atoms with van der Waals surface area (Å²) in [6.45, 7) is 3.08.